The third-order valence-electron chi connectivity index (χ3n) is 5.47. The molecule has 1 amide bonds. The highest BCUT2D eigenvalue weighted by Crippen LogP contribution is 2.35. The molecular weight excluding hydrogens is 371 g/mol. The van der Waals surface area contributed by atoms with E-state index in [2.05, 4.69) is 25.8 Å². The summed E-state index contributed by atoms with van der Waals surface area (Å²) < 4.78 is 15.3. The number of carbonyl (C=O) groups is 1. The van der Waals surface area contributed by atoms with Crippen molar-refractivity contribution in [1.82, 2.24) is 30.5 Å². The molecule has 0 spiro atoms. The van der Waals surface area contributed by atoms with E-state index >= 15 is 0 Å². The largest absolute Gasteiger partial charge is 0.356 e. The highest BCUT2D eigenvalue weighted by atomic mass is 19.1. The number of aromatic amines is 1. The van der Waals surface area contributed by atoms with E-state index in [1.165, 1.54) is 6.07 Å². The van der Waals surface area contributed by atoms with Gasteiger partial charge in [0.05, 0.1) is 11.7 Å². The predicted molar refractivity (Wildman–Crippen MR) is 105 cm³/mol. The Balaban J connectivity index is 1.39. The first-order valence-corrected chi connectivity index (χ1v) is 9.56. The van der Waals surface area contributed by atoms with Gasteiger partial charge in [0.1, 0.15) is 5.82 Å². The molecule has 0 fully saturated rings. The zero-order valence-electron chi connectivity index (χ0n) is 15.8. The van der Waals surface area contributed by atoms with Crippen molar-refractivity contribution >= 4 is 16.8 Å². The highest BCUT2D eigenvalue weighted by Gasteiger charge is 2.26. The van der Waals surface area contributed by atoms with Crippen LogP contribution in [0.4, 0.5) is 4.39 Å². The van der Waals surface area contributed by atoms with E-state index in [1.807, 2.05) is 19.1 Å². The van der Waals surface area contributed by atoms with E-state index in [0.717, 1.165) is 47.1 Å². The van der Waals surface area contributed by atoms with Gasteiger partial charge in [0.2, 0.25) is 0 Å². The average Bonchev–Trinajstić information content (AvgIpc) is 3.32. The molecule has 2 aromatic heterocycles. The molecule has 0 unspecified atom stereocenters. The van der Waals surface area contributed by atoms with Crippen molar-refractivity contribution in [3.63, 3.8) is 0 Å². The van der Waals surface area contributed by atoms with Gasteiger partial charge in [0.25, 0.3) is 5.91 Å². The standard InChI is InChI=1S/C21H19FN6O/c1-12-25-26-27-28(12)15-8-5-13(6-9-15)21(29)24-19-4-2-3-16-17-11-14(22)7-10-18(17)23-20(16)19/h5-11,19,23H,2-4H2,1H3,(H,24,29)/t19-/m0/s1. The number of amides is 1. The number of carbonyl (C=O) groups excluding carboxylic acids is 1. The quantitative estimate of drug-likeness (QED) is 0.561. The molecule has 146 valence electrons. The number of H-pyrrole nitrogens is 1. The summed E-state index contributed by atoms with van der Waals surface area (Å²) in [6.07, 6.45) is 2.67. The first-order valence-electron chi connectivity index (χ1n) is 9.56. The van der Waals surface area contributed by atoms with Crippen LogP contribution < -0.4 is 5.32 Å². The molecule has 0 aliphatic heterocycles. The zero-order valence-corrected chi connectivity index (χ0v) is 15.8. The fourth-order valence-corrected chi connectivity index (χ4v) is 4.05. The van der Waals surface area contributed by atoms with Crippen LogP contribution in [0.15, 0.2) is 42.5 Å². The lowest BCUT2D eigenvalue weighted by atomic mass is 9.91. The molecule has 5 rings (SSSR count). The van der Waals surface area contributed by atoms with Crippen LogP contribution in [0.3, 0.4) is 0 Å². The van der Waals surface area contributed by atoms with Crippen LogP contribution in [-0.2, 0) is 6.42 Å². The molecule has 1 atom stereocenters. The zero-order chi connectivity index (χ0) is 20.0. The third kappa shape index (κ3) is 3.06. The first kappa shape index (κ1) is 17.5. The summed E-state index contributed by atoms with van der Waals surface area (Å²) in [5, 5.41) is 15.5. The Morgan fingerprint density at radius 2 is 2.07 bits per heavy atom. The SMILES string of the molecule is Cc1nnnn1-c1ccc(C(=O)N[C@H]2CCCc3c2[nH]c2ccc(F)cc32)cc1. The lowest BCUT2D eigenvalue weighted by Crippen LogP contribution is -2.31. The van der Waals surface area contributed by atoms with Crippen molar-refractivity contribution in [1.29, 1.82) is 0 Å². The van der Waals surface area contributed by atoms with Crippen LogP contribution in [-0.4, -0.2) is 31.1 Å². The molecule has 0 radical (unpaired) electrons. The molecule has 0 saturated carbocycles. The lowest BCUT2D eigenvalue weighted by Gasteiger charge is -2.24. The summed E-state index contributed by atoms with van der Waals surface area (Å²) in [5.74, 6) is 0.281. The molecule has 0 bridgehead atoms. The molecule has 0 saturated heterocycles. The van der Waals surface area contributed by atoms with Crippen molar-refractivity contribution < 1.29 is 9.18 Å². The second-order valence-corrected chi connectivity index (χ2v) is 7.31. The summed E-state index contributed by atoms with van der Waals surface area (Å²) in [6, 6.07) is 11.8. The number of fused-ring (bicyclic) bond motifs is 3. The number of hydrogen-bond donors (Lipinski definition) is 2. The van der Waals surface area contributed by atoms with Crippen molar-refractivity contribution in [3.05, 3.63) is 70.9 Å². The van der Waals surface area contributed by atoms with Gasteiger partial charge in [-0.05, 0) is 84.6 Å². The van der Waals surface area contributed by atoms with Crippen molar-refractivity contribution in [2.45, 2.75) is 32.2 Å². The average molecular weight is 390 g/mol. The van der Waals surface area contributed by atoms with E-state index < -0.39 is 0 Å². The molecular formula is C21H19FN6O. The van der Waals surface area contributed by atoms with E-state index in [0.29, 0.717) is 11.4 Å². The van der Waals surface area contributed by atoms with Gasteiger partial charge in [-0.1, -0.05) is 0 Å². The van der Waals surface area contributed by atoms with Gasteiger partial charge in [-0.3, -0.25) is 4.79 Å². The molecule has 1 aliphatic carbocycles. The monoisotopic (exact) mass is 390 g/mol. The molecule has 1 aliphatic rings. The van der Waals surface area contributed by atoms with Crippen LogP contribution in [0.1, 0.15) is 46.3 Å². The van der Waals surface area contributed by atoms with E-state index in [9.17, 15) is 9.18 Å². The normalized spacial score (nSPS) is 16.0. The Labute approximate surface area is 165 Å². The molecule has 2 N–H and O–H groups in total. The third-order valence-corrected chi connectivity index (χ3v) is 5.47. The number of nitrogens with one attached hydrogen (secondary N) is 2. The Bertz CT molecular complexity index is 1210. The highest BCUT2D eigenvalue weighted by molar-refractivity contribution is 5.95. The van der Waals surface area contributed by atoms with Crippen LogP contribution in [0, 0.1) is 12.7 Å². The van der Waals surface area contributed by atoms with Crippen LogP contribution in [0.2, 0.25) is 0 Å². The smallest absolute Gasteiger partial charge is 0.251 e. The number of nitrogens with zero attached hydrogens (tertiary/aromatic N) is 4. The maximum absolute atomic E-state index is 13.7. The number of hydrogen-bond acceptors (Lipinski definition) is 4. The van der Waals surface area contributed by atoms with Gasteiger partial charge >= 0.3 is 0 Å². The van der Waals surface area contributed by atoms with E-state index in [1.54, 1.807) is 28.9 Å². The maximum atomic E-state index is 13.7. The van der Waals surface area contributed by atoms with Crippen LogP contribution >= 0.6 is 0 Å². The minimum absolute atomic E-state index is 0.122. The first-order chi connectivity index (χ1) is 14.1. The number of benzene rings is 2. The van der Waals surface area contributed by atoms with Crippen molar-refractivity contribution in [2.24, 2.45) is 0 Å². The summed E-state index contributed by atoms with van der Waals surface area (Å²) >= 11 is 0. The topological polar surface area (TPSA) is 88.5 Å². The summed E-state index contributed by atoms with van der Waals surface area (Å²) in [7, 11) is 0. The van der Waals surface area contributed by atoms with Gasteiger partial charge < -0.3 is 10.3 Å². The molecule has 8 heteroatoms. The van der Waals surface area contributed by atoms with Crippen molar-refractivity contribution in [2.75, 3.05) is 0 Å². The van der Waals surface area contributed by atoms with Gasteiger partial charge in [0.15, 0.2) is 5.82 Å². The fourth-order valence-electron chi connectivity index (χ4n) is 4.05. The molecule has 7 nitrogen and oxygen atoms in total. The minimum Gasteiger partial charge on any atom is -0.356 e. The number of aryl methyl sites for hydroxylation is 2. The van der Waals surface area contributed by atoms with Crippen LogP contribution in [0.25, 0.3) is 16.6 Å². The van der Waals surface area contributed by atoms with Gasteiger partial charge in [-0.25, -0.2) is 4.39 Å². The molecule has 29 heavy (non-hydrogen) atoms. The molecule has 4 aromatic rings. The summed E-state index contributed by atoms with van der Waals surface area (Å²) in [4.78, 5) is 16.2. The Kier molecular flexibility index (Phi) is 4.12. The lowest BCUT2D eigenvalue weighted by molar-refractivity contribution is 0.0932. The summed E-state index contributed by atoms with van der Waals surface area (Å²) in [5.41, 5.74) is 4.33. The second kappa shape index (κ2) is 6.80. The molecule has 2 heterocycles. The Morgan fingerprint density at radius 1 is 1.24 bits per heavy atom. The Morgan fingerprint density at radius 3 is 2.83 bits per heavy atom. The van der Waals surface area contributed by atoms with Gasteiger partial charge in [-0.2, -0.15) is 4.68 Å². The maximum Gasteiger partial charge on any atom is 0.251 e. The van der Waals surface area contributed by atoms with Gasteiger partial charge in [-0.15, -0.1) is 5.10 Å². The Hall–Kier alpha value is -3.55. The molecule has 2 aromatic carbocycles. The number of tetrazole rings is 1. The predicted octanol–water partition coefficient (Wildman–Crippen LogP) is 3.40. The van der Waals surface area contributed by atoms with Crippen molar-refractivity contribution in [3.8, 4) is 5.69 Å². The number of aromatic nitrogens is 5. The number of rotatable bonds is 3. The second-order valence-electron chi connectivity index (χ2n) is 7.31. The fraction of sp³-hybridized carbons (Fsp3) is 0.238. The van der Waals surface area contributed by atoms with E-state index in [-0.39, 0.29) is 17.8 Å². The summed E-state index contributed by atoms with van der Waals surface area (Å²) in [6.45, 7) is 1.81. The number of halogens is 1. The minimum atomic E-state index is -0.247. The van der Waals surface area contributed by atoms with Crippen LogP contribution in [0.5, 0.6) is 0 Å². The van der Waals surface area contributed by atoms with E-state index in [4.69, 9.17) is 0 Å². The van der Waals surface area contributed by atoms with Gasteiger partial charge in [0, 0.05) is 22.2 Å².